The molecule has 0 amide bonds. The molecule has 2 heterocycles. The van der Waals surface area contributed by atoms with Crippen LogP contribution in [0.5, 0.6) is 11.5 Å². The van der Waals surface area contributed by atoms with E-state index in [1.807, 2.05) is 6.07 Å². The fourth-order valence-electron chi connectivity index (χ4n) is 6.53. The number of ketones is 1. The largest absolute Gasteiger partial charge is 0.633 e. The molecular formula is C20H23NO4. The summed E-state index contributed by atoms with van der Waals surface area (Å²) >= 11 is 0. The first kappa shape index (κ1) is 14.6. The zero-order valence-electron chi connectivity index (χ0n) is 14.2. The van der Waals surface area contributed by atoms with Crippen molar-refractivity contribution in [2.45, 2.75) is 56.1 Å². The standard InChI is InChI=1S/C20H23NO4/c22-15-5-3-12-9-14-13-4-6-16(23)19-20(13,17(12)18(15)25-19)7-8-21(14,24)10-11-1-2-11/h3,5,11,13-14,19,22H,1-2,4,6-10H2/t13-,14+,19-,20-,21?/m0/s1. The molecule has 25 heavy (non-hydrogen) atoms. The van der Waals surface area contributed by atoms with Crippen LogP contribution in [-0.4, -0.2) is 40.8 Å². The van der Waals surface area contributed by atoms with Gasteiger partial charge < -0.3 is 19.7 Å². The Kier molecular flexibility index (Phi) is 2.55. The fraction of sp³-hybridized carbons (Fsp3) is 0.650. The average Bonchev–Trinajstić information content (AvgIpc) is 3.32. The maximum absolute atomic E-state index is 13.8. The molecule has 5 heteroatoms. The first-order valence-electron chi connectivity index (χ1n) is 9.65. The summed E-state index contributed by atoms with van der Waals surface area (Å²) < 4.78 is 6.00. The van der Waals surface area contributed by atoms with E-state index in [4.69, 9.17) is 4.74 Å². The quantitative estimate of drug-likeness (QED) is 0.662. The van der Waals surface area contributed by atoms with Crippen molar-refractivity contribution < 1.29 is 19.3 Å². The van der Waals surface area contributed by atoms with Crippen molar-refractivity contribution in [2.75, 3.05) is 13.1 Å². The lowest BCUT2D eigenvalue weighted by Crippen LogP contribution is -2.71. The fourth-order valence-corrected chi connectivity index (χ4v) is 6.53. The van der Waals surface area contributed by atoms with E-state index in [0.29, 0.717) is 31.1 Å². The van der Waals surface area contributed by atoms with Gasteiger partial charge in [0.2, 0.25) is 0 Å². The van der Waals surface area contributed by atoms with Crippen LogP contribution >= 0.6 is 0 Å². The van der Waals surface area contributed by atoms with Gasteiger partial charge in [-0.05, 0) is 30.9 Å². The van der Waals surface area contributed by atoms with Gasteiger partial charge in [-0.1, -0.05) is 6.07 Å². The highest BCUT2D eigenvalue weighted by atomic mass is 16.5. The van der Waals surface area contributed by atoms with E-state index in [2.05, 4.69) is 0 Å². The molecule has 2 bridgehead atoms. The molecule has 0 radical (unpaired) electrons. The van der Waals surface area contributed by atoms with E-state index >= 15 is 0 Å². The van der Waals surface area contributed by atoms with Crippen molar-refractivity contribution in [3.8, 4) is 11.5 Å². The van der Waals surface area contributed by atoms with E-state index < -0.39 is 6.10 Å². The second-order valence-corrected chi connectivity index (χ2v) is 8.92. The van der Waals surface area contributed by atoms with Gasteiger partial charge in [-0.2, -0.15) is 0 Å². The number of phenols is 1. The van der Waals surface area contributed by atoms with Crippen LogP contribution in [0.15, 0.2) is 12.1 Å². The highest BCUT2D eigenvalue weighted by molar-refractivity contribution is 5.89. The lowest BCUT2D eigenvalue weighted by atomic mass is 9.51. The lowest BCUT2D eigenvalue weighted by Gasteiger charge is -2.63. The summed E-state index contributed by atoms with van der Waals surface area (Å²) in [5, 5.41) is 24.1. The number of hydrogen-bond donors (Lipinski definition) is 1. The van der Waals surface area contributed by atoms with E-state index in [9.17, 15) is 15.1 Å². The van der Waals surface area contributed by atoms with E-state index in [0.717, 1.165) is 30.5 Å². The molecule has 1 N–H and O–H groups in total. The molecule has 3 aliphatic carbocycles. The van der Waals surface area contributed by atoms with Crippen molar-refractivity contribution in [2.24, 2.45) is 11.8 Å². The Labute approximate surface area is 146 Å². The van der Waals surface area contributed by atoms with Crippen LogP contribution < -0.4 is 4.74 Å². The number of carbonyl (C=O) groups is 1. The van der Waals surface area contributed by atoms with Gasteiger partial charge in [0.1, 0.15) is 0 Å². The van der Waals surface area contributed by atoms with Gasteiger partial charge >= 0.3 is 0 Å². The van der Waals surface area contributed by atoms with Crippen molar-refractivity contribution in [3.63, 3.8) is 0 Å². The first-order valence-corrected chi connectivity index (χ1v) is 9.65. The Morgan fingerprint density at radius 3 is 2.96 bits per heavy atom. The van der Waals surface area contributed by atoms with Crippen LogP contribution in [0.25, 0.3) is 0 Å². The number of aromatic hydroxyl groups is 1. The molecule has 1 aromatic carbocycles. The third-order valence-corrected chi connectivity index (χ3v) is 7.71. The van der Waals surface area contributed by atoms with Gasteiger partial charge in [0, 0.05) is 36.7 Å². The van der Waals surface area contributed by atoms with E-state index in [1.165, 1.54) is 12.8 Å². The zero-order chi connectivity index (χ0) is 17.0. The molecule has 6 rings (SSSR count). The van der Waals surface area contributed by atoms with Crippen LogP contribution in [0.4, 0.5) is 0 Å². The minimum Gasteiger partial charge on any atom is -0.633 e. The monoisotopic (exact) mass is 341 g/mol. The molecular weight excluding hydrogens is 318 g/mol. The molecule has 5 nitrogen and oxygen atoms in total. The Hall–Kier alpha value is -1.59. The Balaban J connectivity index is 1.56. The normalized spacial score (nSPS) is 43.6. The molecule has 1 unspecified atom stereocenters. The number of ether oxygens (including phenoxy) is 1. The molecule has 3 fully saturated rings. The van der Waals surface area contributed by atoms with Crippen molar-refractivity contribution in [1.29, 1.82) is 0 Å². The predicted molar refractivity (Wildman–Crippen MR) is 90.1 cm³/mol. The number of piperidine rings is 1. The Bertz CT molecular complexity index is 803. The SMILES string of the molecule is O=C1CC[C@H]2[C@H]3Cc4ccc(O)c5c4[C@@]2(CC[N+]3([O-])CC2CC2)[C@H]1O5. The lowest BCUT2D eigenvalue weighted by molar-refractivity contribution is -0.919. The summed E-state index contributed by atoms with van der Waals surface area (Å²) in [5.41, 5.74) is 1.82. The smallest absolute Gasteiger partial charge is 0.174 e. The number of phenolic OH excluding ortho intramolecular Hbond substituents is 1. The summed E-state index contributed by atoms with van der Waals surface area (Å²) in [4.78, 5) is 12.7. The van der Waals surface area contributed by atoms with Crippen LogP contribution in [-0.2, 0) is 16.6 Å². The predicted octanol–water partition coefficient (Wildman–Crippen LogP) is 2.42. The maximum atomic E-state index is 13.8. The van der Waals surface area contributed by atoms with Gasteiger partial charge in [0.05, 0.1) is 24.5 Å². The number of rotatable bonds is 2. The number of hydroxylamine groups is 3. The molecule has 1 spiro atoms. The second-order valence-electron chi connectivity index (χ2n) is 8.92. The molecule has 132 valence electrons. The highest BCUT2D eigenvalue weighted by Crippen LogP contribution is 2.64. The van der Waals surface area contributed by atoms with Crippen molar-refractivity contribution >= 4 is 5.78 Å². The van der Waals surface area contributed by atoms with Crippen molar-refractivity contribution in [1.82, 2.24) is 0 Å². The summed E-state index contributed by atoms with van der Waals surface area (Å²) in [5.74, 6) is 1.61. The van der Waals surface area contributed by atoms with Gasteiger partial charge in [0.15, 0.2) is 23.4 Å². The van der Waals surface area contributed by atoms with Gasteiger partial charge in [0.25, 0.3) is 0 Å². The minimum absolute atomic E-state index is 0.0385. The van der Waals surface area contributed by atoms with Crippen LogP contribution in [0.1, 0.15) is 43.2 Å². The second kappa shape index (κ2) is 4.38. The topological polar surface area (TPSA) is 69.6 Å². The number of carbonyl (C=O) groups excluding carboxylic acids is 1. The average molecular weight is 341 g/mol. The number of quaternary nitrogens is 1. The van der Waals surface area contributed by atoms with E-state index in [1.54, 1.807) is 6.07 Å². The molecule has 1 aromatic rings. The molecule has 2 saturated carbocycles. The molecule has 2 aliphatic heterocycles. The number of likely N-dealkylation sites (tertiary alicyclic amines) is 1. The maximum Gasteiger partial charge on any atom is 0.174 e. The third kappa shape index (κ3) is 1.64. The zero-order valence-corrected chi connectivity index (χ0v) is 14.2. The van der Waals surface area contributed by atoms with Gasteiger partial charge in [-0.3, -0.25) is 4.79 Å². The molecule has 5 aliphatic rings. The Morgan fingerprint density at radius 1 is 1.32 bits per heavy atom. The van der Waals surface area contributed by atoms with Gasteiger partial charge in [-0.15, -0.1) is 0 Å². The number of Topliss-reactive ketones (excluding diaryl/α,β-unsaturated/α-hetero) is 1. The van der Waals surface area contributed by atoms with Gasteiger partial charge in [-0.25, -0.2) is 0 Å². The number of benzene rings is 1. The molecule has 0 aromatic heterocycles. The van der Waals surface area contributed by atoms with Crippen LogP contribution in [0.3, 0.4) is 0 Å². The highest BCUT2D eigenvalue weighted by Gasteiger charge is 2.68. The number of hydrogen-bond acceptors (Lipinski definition) is 4. The third-order valence-electron chi connectivity index (χ3n) is 7.71. The van der Waals surface area contributed by atoms with E-state index in [-0.39, 0.29) is 33.6 Å². The van der Waals surface area contributed by atoms with Crippen LogP contribution in [0, 0.1) is 17.0 Å². The van der Waals surface area contributed by atoms with Crippen LogP contribution in [0.2, 0.25) is 0 Å². The summed E-state index contributed by atoms with van der Waals surface area (Å²) in [6.07, 6.45) is 4.67. The first-order chi connectivity index (χ1) is 12.0. The minimum atomic E-state index is -0.495. The Morgan fingerprint density at radius 2 is 2.16 bits per heavy atom. The molecule has 1 saturated heterocycles. The van der Waals surface area contributed by atoms with Crippen molar-refractivity contribution in [3.05, 3.63) is 28.5 Å². The summed E-state index contributed by atoms with van der Waals surface area (Å²) in [6.45, 7) is 1.33. The molecule has 5 atom stereocenters. The summed E-state index contributed by atoms with van der Waals surface area (Å²) in [6, 6.07) is 3.66. The summed E-state index contributed by atoms with van der Waals surface area (Å²) in [7, 11) is 0. The number of nitrogens with zero attached hydrogens (tertiary/aromatic N) is 1.